The first kappa shape index (κ1) is 12.6. The fourth-order valence-electron chi connectivity index (χ4n) is 2.10. The molecule has 1 atom stereocenters. The minimum absolute atomic E-state index is 0.249. The molecule has 1 unspecified atom stereocenters. The zero-order valence-electron chi connectivity index (χ0n) is 11.3. The molecule has 1 N–H and O–H groups in total. The van der Waals surface area contributed by atoms with Crippen LogP contribution in [0.2, 0.25) is 0 Å². The molecule has 0 saturated carbocycles. The molecule has 18 heavy (non-hydrogen) atoms. The summed E-state index contributed by atoms with van der Waals surface area (Å²) >= 11 is 0. The molecule has 4 heteroatoms. The summed E-state index contributed by atoms with van der Waals surface area (Å²) in [5.74, 6) is 0.866. The molecule has 96 valence electrons. The molecular formula is C14H19N3O. The lowest BCUT2D eigenvalue weighted by molar-refractivity contribution is 0.416. The molecule has 1 aromatic carbocycles. The van der Waals surface area contributed by atoms with Gasteiger partial charge in [0.25, 0.3) is 0 Å². The molecule has 0 aliphatic rings. The van der Waals surface area contributed by atoms with E-state index in [0.29, 0.717) is 0 Å². The average Bonchev–Trinajstić information content (AvgIpc) is 2.79. The van der Waals surface area contributed by atoms with Gasteiger partial charge < -0.3 is 10.1 Å². The number of ether oxygens (including phenoxy) is 1. The summed E-state index contributed by atoms with van der Waals surface area (Å²) in [6.07, 6.45) is 1.91. The normalized spacial score (nSPS) is 12.4. The van der Waals surface area contributed by atoms with Crippen LogP contribution in [0.1, 0.15) is 18.5 Å². The van der Waals surface area contributed by atoms with Crippen LogP contribution in [0.4, 0.5) is 0 Å². The lowest BCUT2D eigenvalue weighted by atomic mass is 10.0. The second-order valence-corrected chi connectivity index (χ2v) is 4.28. The first-order valence-electron chi connectivity index (χ1n) is 6.01. The molecule has 0 saturated heterocycles. The average molecular weight is 245 g/mol. The van der Waals surface area contributed by atoms with Gasteiger partial charge in [0.2, 0.25) is 0 Å². The minimum Gasteiger partial charge on any atom is -0.496 e. The maximum Gasteiger partial charge on any atom is 0.128 e. The topological polar surface area (TPSA) is 39.1 Å². The van der Waals surface area contributed by atoms with Gasteiger partial charge in [-0.05, 0) is 26.1 Å². The van der Waals surface area contributed by atoms with E-state index in [9.17, 15) is 0 Å². The Morgan fingerprint density at radius 2 is 2.06 bits per heavy atom. The molecule has 0 aliphatic heterocycles. The number of aryl methyl sites for hydroxylation is 1. The van der Waals surface area contributed by atoms with Crippen molar-refractivity contribution < 1.29 is 4.74 Å². The Balaban J connectivity index is 2.59. The first-order valence-corrected chi connectivity index (χ1v) is 6.01. The predicted molar refractivity (Wildman–Crippen MR) is 72.7 cm³/mol. The highest BCUT2D eigenvalue weighted by Gasteiger charge is 2.17. The Kier molecular flexibility index (Phi) is 3.67. The fraction of sp³-hybridized carbons (Fsp3) is 0.357. The van der Waals surface area contributed by atoms with Gasteiger partial charge >= 0.3 is 0 Å². The van der Waals surface area contributed by atoms with E-state index >= 15 is 0 Å². The van der Waals surface area contributed by atoms with E-state index < -0.39 is 0 Å². The monoisotopic (exact) mass is 245 g/mol. The molecule has 1 heterocycles. The van der Waals surface area contributed by atoms with Crippen LogP contribution >= 0.6 is 0 Å². The number of hydrogen-bond acceptors (Lipinski definition) is 3. The van der Waals surface area contributed by atoms with Crippen LogP contribution in [-0.4, -0.2) is 23.9 Å². The highest BCUT2D eigenvalue weighted by molar-refractivity contribution is 5.70. The molecule has 2 aromatic rings. The lowest BCUT2D eigenvalue weighted by Crippen LogP contribution is -2.13. The van der Waals surface area contributed by atoms with E-state index in [2.05, 4.69) is 23.4 Å². The van der Waals surface area contributed by atoms with Gasteiger partial charge in [0.1, 0.15) is 5.75 Å². The van der Waals surface area contributed by atoms with Crippen LogP contribution < -0.4 is 10.1 Å². The summed E-state index contributed by atoms with van der Waals surface area (Å²) in [6.45, 7) is 2.12. The Morgan fingerprint density at radius 1 is 1.33 bits per heavy atom. The maximum atomic E-state index is 5.43. The maximum absolute atomic E-state index is 5.43. The fourth-order valence-corrected chi connectivity index (χ4v) is 2.10. The number of hydrogen-bond donors (Lipinski definition) is 1. The lowest BCUT2D eigenvalue weighted by Gasteiger charge is -2.14. The van der Waals surface area contributed by atoms with Crippen LogP contribution in [0.15, 0.2) is 30.5 Å². The van der Waals surface area contributed by atoms with Crippen molar-refractivity contribution in [3.05, 3.63) is 36.0 Å². The SMILES string of the molecule is CNC(C)c1cnn(C)c1-c1ccccc1OC. The van der Waals surface area contributed by atoms with Gasteiger partial charge in [-0.1, -0.05) is 12.1 Å². The Labute approximate surface area is 108 Å². The van der Waals surface area contributed by atoms with Crippen LogP contribution in [0, 0.1) is 0 Å². The summed E-state index contributed by atoms with van der Waals surface area (Å²) in [4.78, 5) is 0. The van der Waals surface area contributed by atoms with Crippen molar-refractivity contribution in [2.24, 2.45) is 7.05 Å². The summed E-state index contributed by atoms with van der Waals surface area (Å²) in [6, 6.07) is 8.26. The standard InChI is InChI=1S/C14H19N3O/c1-10(15-2)12-9-16-17(3)14(12)11-7-5-6-8-13(11)18-4/h5-10,15H,1-4H3. The van der Waals surface area contributed by atoms with Gasteiger partial charge in [-0.25, -0.2) is 0 Å². The van der Waals surface area contributed by atoms with Crippen LogP contribution in [0.3, 0.4) is 0 Å². The van der Waals surface area contributed by atoms with Crippen LogP contribution in [0.5, 0.6) is 5.75 Å². The van der Waals surface area contributed by atoms with Gasteiger partial charge in [-0.3, -0.25) is 4.68 Å². The minimum atomic E-state index is 0.249. The van der Waals surface area contributed by atoms with Crippen molar-refractivity contribution in [3.8, 4) is 17.0 Å². The number of para-hydroxylation sites is 1. The van der Waals surface area contributed by atoms with Crippen molar-refractivity contribution in [2.75, 3.05) is 14.2 Å². The summed E-state index contributed by atoms with van der Waals surface area (Å²) in [7, 11) is 5.59. The van der Waals surface area contributed by atoms with Crippen molar-refractivity contribution in [2.45, 2.75) is 13.0 Å². The molecule has 1 aromatic heterocycles. The smallest absolute Gasteiger partial charge is 0.128 e. The summed E-state index contributed by atoms with van der Waals surface area (Å²) in [5.41, 5.74) is 3.33. The zero-order valence-corrected chi connectivity index (χ0v) is 11.3. The second-order valence-electron chi connectivity index (χ2n) is 4.28. The first-order chi connectivity index (χ1) is 8.69. The third-order valence-electron chi connectivity index (χ3n) is 3.23. The molecule has 2 rings (SSSR count). The largest absolute Gasteiger partial charge is 0.496 e. The third-order valence-corrected chi connectivity index (χ3v) is 3.23. The Morgan fingerprint density at radius 3 is 2.72 bits per heavy atom. The molecule has 0 spiro atoms. The number of methoxy groups -OCH3 is 1. The van der Waals surface area contributed by atoms with Crippen molar-refractivity contribution in [1.29, 1.82) is 0 Å². The van der Waals surface area contributed by atoms with E-state index in [1.807, 2.05) is 43.2 Å². The van der Waals surface area contributed by atoms with Gasteiger partial charge in [-0.15, -0.1) is 0 Å². The molecular weight excluding hydrogens is 226 g/mol. The summed E-state index contributed by atoms with van der Waals surface area (Å²) in [5, 5.41) is 7.61. The number of nitrogens with one attached hydrogen (secondary N) is 1. The van der Waals surface area contributed by atoms with E-state index in [-0.39, 0.29) is 6.04 Å². The van der Waals surface area contributed by atoms with Crippen molar-refractivity contribution in [1.82, 2.24) is 15.1 Å². The number of aromatic nitrogens is 2. The van der Waals surface area contributed by atoms with E-state index in [1.54, 1.807) is 7.11 Å². The molecule has 0 amide bonds. The van der Waals surface area contributed by atoms with Crippen molar-refractivity contribution in [3.63, 3.8) is 0 Å². The van der Waals surface area contributed by atoms with Crippen LogP contribution in [0.25, 0.3) is 11.3 Å². The Bertz CT molecular complexity index is 534. The van der Waals surface area contributed by atoms with E-state index in [1.165, 1.54) is 5.56 Å². The number of benzene rings is 1. The quantitative estimate of drug-likeness (QED) is 0.899. The third kappa shape index (κ3) is 2.11. The van der Waals surface area contributed by atoms with Crippen molar-refractivity contribution >= 4 is 0 Å². The van der Waals surface area contributed by atoms with E-state index in [0.717, 1.165) is 17.0 Å². The number of nitrogens with zero attached hydrogens (tertiary/aromatic N) is 2. The van der Waals surface area contributed by atoms with Gasteiger partial charge in [-0.2, -0.15) is 5.10 Å². The second kappa shape index (κ2) is 5.23. The molecule has 0 bridgehead atoms. The zero-order chi connectivity index (χ0) is 13.1. The Hall–Kier alpha value is -1.81. The summed E-state index contributed by atoms with van der Waals surface area (Å²) < 4.78 is 7.32. The highest BCUT2D eigenvalue weighted by atomic mass is 16.5. The van der Waals surface area contributed by atoms with Gasteiger partial charge in [0, 0.05) is 24.2 Å². The van der Waals surface area contributed by atoms with Gasteiger partial charge in [0.15, 0.2) is 0 Å². The van der Waals surface area contributed by atoms with Gasteiger partial charge in [0.05, 0.1) is 19.0 Å². The van der Waals surface area contributed by atoms with Crippen LogP contribution in [-0.2, 0) is 7.05 Å². The molecule has 0 fully saturated rings. The molecule has 0 aliphatic carbocycles. The highest BCUT2D eigenvalue weighted by Crippen LogP contribution is 2.33. The van der Waals surface area contributed by atoms with E-state index in [4.69, 9.17) is 4.74 Å². The molecule has 0 radical (unpaired) electrons. The molecule has 4 nitrogen and oxygen atoms in total. The predicted octanol–water partition coefficient (Wildman–Crippen LogP) is 2.38. The number of rotatable bonds is 4.